The third-order valence-electron chi connectivity index (χ3n) is 3.41. The van der Waals surface area contributed by atoms with Crippen molar-refractivity contribution in [3.8, 4) is 0 Å². The molecule has 0 radical (unpaired) electrons. The van der Waals surface area contributed by atoms with Crippen molar-refractivity contribution < 1.29 is 4.79 Å². The molecule has 0 spiro atoms. The van der Waals surface area contributed by atoms with E-state index in [0.29, 0.717) is 0 Å². The molecule has 1 saturated carbocycles. The van der Waals surface area contributed by atoms with Gasteiger partial charge in [-0.05, 0) is 31.9 Å². The van der Waals surface area contributed by atoms with E-state index in [1.807, 2.05) is 24.8 Å². The van der Waals surface area contributed by atoms with Crippen LogP contribution >= 0.6 is 23.1 Å². The number of thiazole rings is 1. The second kappa shape index (κ2) is 5.58. The number of benzene rings is 1. The Labute approximate surface area is 126 Å². The van der Waals surface area contributed by atoms with Crippen LogP contribution in [0.2, 0.25) is 0 Å². The molecule has 104 valence electrons. The monoisotopic (exact) mass is 304 g/mol. The summed E-state index contributed by atoms with van der Waals surface area (Å²) in [6, 6.07) is 10.4. The molecule has 0 unspecified atom stereocenters. The summed E-state index contributed by atoms with van der Waals surface area (Å²) in [4.78, 5) is 18.2. The SMILES string of the molecule is Cc1ncsc1C(=O)NCC1(Sc2ccccc2)CC1. The first kappa shape index (κ1) is 13.6. The van der Waals surface area contributed by atoms with Crippen molar-refractivity contribution >= 4 is 29.0 Å². The maximum Gasteiger partial charge on any atom is 0.263 e. The molecule has 1 aliphatic rings. The number of amides is 1. The number of aromatic nitrogens is 1. The predicted molar refractivity (Wildman–Crippen MR) is 83.4 cm³/mol. The van der Waals surface area contributed by atoms with E-state index in [0.717, 1.165) is 30.0 Å². The Bertz CT molecular complexity index is 605. The number of nitrogens with zero attached hydrogens (tertiary/aromatic N) is 1. The largest absolute Gasteiger partial charge is 0.350 e. The number of carbonyl (C=O) groups excluding carboxylic acids is 1. The van der Waals surface area contributed by atoms with Gasteiger partial charge in [-0.3, -0.25) is 4.79 Å². The first-order valence-corrected chi connectivity index (χ1v) is 8.31. The fourth-order valence-electron chi connectivity index (χ4n) is 2.03. The molecule has 3 nitrogen and oxygen atoms in total. The van der Waals surface area contributed by atoms with Crippen molar-refractivity contribution in [3.05, 3.63) is 46.4 Å². The quantitative estimate of drug-likeness (QED) is 0.919. The molecule has 20 heavy (non-hydrogen) atoms. The van der Waals surface area contributed by atoms with Crippen molar-refractivity contribution in [2.24, 2.45) is 0 Å². The molecule has 1 aromatic heterocycles. The van der Waals surface area contributed by atoms with Gasteiger partial charge in [-0.2, -0.15) is 0 Å². The first-order valence-electron chi connectivity index (χ1n) is 6.61. The zero-order chi connectivity index (χ0) is 14.0. The number of hydrogen-bond acceptors (Lipinski definition) is 4. The van der Waals surface area contributed by atoms with E-state index in [1.165, 1.54) is 16.2 Å². The highest BCUT2D eigenvalue weighted by atomic mass is 32.2. The summed E-state index contributed by atoms with van der Waals surface area (Å²) in [5, 5.41) is 3.06. The molecule has 1 aromatic carbocycles. The van der Waals surface area contributed by atoms with Crippen molar-refractivity contribution in [2.45, 2.75) is 29.4 Å². The highest BCUT2D eigenvalue weighted by Gasteiger charge is 2.44. The number of thioether (sulfide) groups is 1. The van der Waals surface area contributed by atoms with Gasteiger partial charge in [0.1, 0.15) is 4.88 Å². The van der Waals surface area contributed by atoms with E-state index < -0.39 is 0 Å². The summed E-state index contributed by atoms with van der Waals surface area (Å²) < 4.78 is 0.190. The average Bonchev–Trinajstić information content (AvgIpc) is 3.08. The predicted octanol–water partition coefficient (Wildman–Crippen LogP) is 3.51. The molecular weight excluding hydrogens is 288 g/mol. The van der Waals surface area contributed by atoms with Gasteiger partial charge in [-0.1, -0.05) is 18.2 Å². The molecule has 5 heteroatoms. The van der Waals surface area contributed by atoms with Gasteiger partial charge in [-0.15, -0.1) is 23.1 Å². The second-order valence-corrected chi connectivity index (χ2v) is 7.44. The zero-order valence-electron chi connectivity index (χ0n) is 11.3. The van der Waals surface area contributed by atoms with Gasteiger partial charge in [-0.25, -0.2) is 4.98 Å². The van der Waals surface area contributed by atoms with Gasteiger partial charge in [0.25, 0.3) is 5.91 Å². The van der Waals surface area contributed by atoms with Crippen LogP contribution < -0.4 is 5.32 Å². The van der Waals surface area contributed by atoms with Gasteiger partial charge in [0.05, 0.1) is 11.2 Å². The van der Waals surface area contributed by atoms with Gasteiger partial charge < -0.3 is 5.32 Å². The fraction of sp³-hybridized carbons (Fsp3) is 0.333. The van der Waals surface area contributed by atoms with Gasteiger partial charge in [0.15, 0.2) is 0 Å². The number of rotatable bonds is 5. The van der Waals surface area contributed by atoms with Gasteiger partial charge >= 0.3 is 0 Å². The van der Waals surface area contributed by atoms with Crippen LogP contribution in [0.1, 0.15) is 28.2 Å². The Morgan fingerprint density at radius 1 is 1.40 bits per heavy atom. The van der Waals surface area contributed by atoms with Crippen LogP contribution in [-0.2, 0) is 0 Å². The molecule has 0 atom stereocenters. The molecule has 0 aliphatic heterocycles. The lowest BCUT2D eigenvalue weighted by molar-refractivity contribution is 0.0956. The van der Waals surface area contributed by atoms with Crippen LogP contribution in [-0.4, -0.2) is 22.2 Å². The topological polar surface area (TPSA) is 42.0 Å². The Balaban J connectivity index is 1.58. The number of hydrogen-bond donors (Lipinski definition) is 1. The van der Waals surface area contributed by atoms with Crippen molar-refractivity contribution in [1.29, 1.82) is 0 Å². The van der Waals surface area contributed by atoms with E-state index in [1.54, 1.807) is 5.51 Å². The Kier molecular flexibility index (Phi) is 3.81. The summed E-state index contributed by atoms with van der Waals surface area (Å²) in [5.41, 5.74) is 2.53. The Morgan fingerprint density at radius 3 is 2.75 bits per heavy atom. The van der Waals surface area contributed by atoms with Crippen LogP contribution in [0.5, 0.6) is 0 Å². The van der Waals surface area contributed by atoms with E-state index >= 15 is 0 Å². The highest BCUT2D eigenvalue weighted by Crippen LogP contribution is 2.51. The van der Waals surface area contributed by atoms with Crippen LogP contribution in [0, 0.1) is 6.92 Å². The Morgan fingerprint density at radius 2 is 2.15 bits per heavy atom. The minimum Gasteiger partial charge on any atom is -0.350 e. The van der Waals surface area contributed by atoms with Crippen LogP contribution in [0.25, 0.3) is 0 Å². The van der Waals surface area contributed by atoms with E-state index in [9.17, 15) is 4.79 Å². The molecule has 1 aliphatic carbocycles. The van der Waals surface area contributed by atoms with Crippen LogP contribution in [0.3, 0.4) is 0 Å². The highest BCUT2D eigenvalue weighted by molar-refractivity contribution is 8.01. The number of carbonyl (C=O) groups is 1. The first-order chi connectivity index (χ1) is 9.69. The fourth-order valence-corrected chi connectivity index (χ4v) is 4.00. The maximum atomic E-state index is 12.1. The molecule has 1 fully saturated rings. The minimum absolute atomic E-state index is 0.00457. The van der Waals surface area contributed by atoms with E-state index in [4.69, 9.17) is 0 Å². The summed E-state index contributed by atoms with van der Waals surface area (Å²) >= 11 is 3.28. The smallest absolute Gasteiger partial charge is 0.263 e. The standard InChI is InChI=1S/C15H16N2OS2/c1-11-13(19-10-17-11)14(18)16-9-15(7-8-15)20-12-5-3-2-4-6-12/h2-6,10H,7-9H2,1H3,(H,16,18). The summed E-state index contributed by atoms with van der Waals surface area (Å²) in [6.45, 7) is 2.60. The molecular formula is C15H16N2OS2. The number of nitrogens with one attached hydrogen (secondary N) is 1. The normalized spacial score (nSPS) is 15.8. The minimum atomic E-state index is 0.00457. The van der Waals surface area contributed by atoms with E-state index in [2.05, 4.69) is 34.6 Å². The lowest BCUT2D eigenvalue weighted by Gasteiger charge is -2.15. The summed E-state index contributed by atoms with van der Waals surface area (Å²) in [5.74, 6) is 0.00457. The zero-order valence-corrected chi connectivity index (χ0v) is 12.9. The van der Waals surface area contributed by atoms with Crippen molar-refractivity contribution in [3.63, 3.8) is 0 Å². The van der Waals surface area contributed by atoms with Crippen LogP contribution in [0.4, 0.5) is 0 Å². The molecule has 0 bridgehead atoms. The molecule has 2 aromatic rings. The lowest BCUT2D eigenvalue weighted by Crippen LogP contribution is -2.31. The third kappa shape index (κ3) is 3.04. The van der Waals surface area contributed by atoms with Crippen LogP contribution in [0.15, 0.2) is 40.7 Å². The van der Waals surface area contributed by atoms with E-state index in [-0.39, 0.29) is 10.7 Å². The summed E-state index contributed by atoms with van der Waals surface area (Å²) in [7, 11) is 0. The van der Waals surface area contributed by atoms with Gasteiger partial charge in [0, 0.05) is 16.2 Å². The lowest BCUT2D eigenvalue weighted by atomic mass is 10.3. The molecule has 3 rings (SSSR count). The van der Waals surface area contributed by atoms with Crippen molar-refractivity contribution in [1.82, 2.24) is 10.3 Å². The third-order valence-corrected chi connectivity index (χ3v) is 5.83. The van der Waals surface area contributed by atoms with Gasteiger partial charge in [0.2, 0.25) is 0 Å². The van der Waals surface area contributed by atoms with Crippen molar-refractivity contribution in [2.75, 3.05) is 6.54 Å². The Hall–Kier alpha value is -1.33. The molecule has 1 heterocycles. The molecule has 1 N–H and O–H groups in total. The second-order valence-electron chi connectivity index (χ2n) is 5.05. The number of aryl methyl sites for hydroxylation is 1. The molecule has 1 amide bonds. The summed E-state index contributed by atoms with van der Waals surface area (Å²) in [6.07, 6.45) is 2.32. The molecule has 0 saturated heterocycles. The average molecular weight is 304 g/mol. The maximum absolute atomic E-state index is 12.1.